The van der Waals surface area contributed by atoms with Crippen molar-refractivity contribution in [3.8, 4) is 5.69 Å². The van der Waals surface area contributed by atoms with Crippen LogP contribution in [0.2, 0.25) is 0 Å². The molecule has 2 aliphatic rings. The van der Waals surface area contributed by atoms with Gasteiger partial charge in [0.2, 0.25) is 0 Å². The molecule has 166 valence electrons. The summed E-state index contributed by atoms with van der Waals surface area (Å²) in [6.07, 6.45) is 3.97. The maximum Gasteiger partial charge on any atom is 0.170 e. The van der Waals surface area contributed by atoms with Gasteiger partial charge in [-0.15, -0.1) is 0 Å². The summed E-state index contributed by atoms with van der Waals surface area (Å²) < 4.78 is 8.82. The number of halogens is 1. The molecule has 2 fully saturated rings. The summed E-state index contributed by atoms with van der Waals surface area (Å²) >= 11 is 9.46. The zero-order valence-electron chi connectivity index (χ0n) is 17.7. The van der Waals surface area contributed by atoms with Crippen molar-refractivity contribution >= 4 is 33.3 Å². The third kappa shape index (κ3) is 4.45. The maximum absolute atomic E-state index is 5.84. The fraction of sp³-hybridized carbons (Fsp3) is 0.333. The molecule has 0 radical (unpaired) electrons. The number of nitrogens with one attached hydrogen (secondary N) is 1. The Morgan fingerprint density at radius 1 is 1.06 bits per heavy atom. The largest absolute Gasteiger partial charge is 0.379 e. The highest BCUT2D eigenvalue weighted by Crippen LogP contribution is 2.39. The van der Waals surface area contributed by atoms with Crippen LogP contribution in [0, 0.1) is 0 Å². The molecule has 0 bridgehead atoms. The summed E-state index contributed by atoms with van der Waals surface area (Å²) in [5, 5.41) is 4.34. The van der Waals surface area contributed by atoms with Crippen LogP contribution in [0.1, 0.15) is 23.5 Å². The summed E-state index contributed by atoms with van der Waals surface area (Å²) in [7, 11) is 0. The molecule has 0 saturated carbocycles. The average molecular weight is 512 g/mol. The highest BCUT2D eigenvalue weighted by atomic mass is 79.9. The lowest BCUT2D eigenvalue weighted by atomic mass is 10.0. The number of aromatic nitrogens is 2. The Bertz CT molecular complexity index is 1070. The summed E-state index contributed by atoms with van der Waals surface area (Å²) in [6.45, 7) is 5.34. The van der Waals surface area contributed by atoms with Gasteiger partial charge >= 0.3 is 0 Å². The van der Waals surface area contributed by atoms with E-state index in [4.69, 9.17) is 17.0 Å². The standard InChI is InChI=1S/C24H26BrN5OS/c25-18-5-3-6-19(17-18)29-10-4-8-21(29)23-22(20-7-1-2-9-26-20)27-24(32)30(23)12-11-28-13-15-31-16-14-28/h1-10,17,22-23H,11-16H2,(H,27,32). The molecule has 2 saturated heterocycles. The van der Waals surface area contributed by atoms with Gasteiger partial charge in [0.05, 0.1) is 31.0 Å². The quantitative estimate of drug-likeness (QED) is 0.505. The zero-order valence-corrected chi connectivity index (χ0v) is 20.1. The minimum Gasteiger partial charge on any atom is -0.379 e. The zero-order chi connectivity index (χ0) is 21.9. The molecule has 1 aromatic carbocycles. The molecule has 2 atom stereocenters. The normalized spacial score (nSPS) is 21.7. The Morgan fingerprint density at radius 3 is 2.72 bits per heavy atom. The Hall–Kier alpha value is -2.26. The predicted octanol–water partition coefficient (Wildman–Crippen LogP) is 3.94. The van der Waals surface area contributed by atoms with Crippen LogP contribution < -0.4 is 5.32 Å². The van der Waals surface area contributed by atoms with Gasteiger partial charge in [0, 0.05) is 54.4 Å². The molecule has 32 heavy (non-hydrogen) atoms. The SMILES string of the molecule is S=C1NC(c2ccccn2)C(c2cccn2-c2cccc(Br)c2)N1CCN1CCOCC1. The third-order valence-electron chi connectivity index (χ3n) is 6.13. The van der Waals surface area contributed by atoms with E-state index in [1.807, 2.05) is 24.4 Å². The number of morpholine rings is 1. The average Bonchev–Trinajstić information content (AvgIpc) is 3.43. The van der Waals surface area contributed by atoms with E-state index in [0.29, 0.717) is 0 Å². The van der Waals surface area contributed by atoms with Gasteiger partial charge in [-0.3, -0.25) is 9.88 Å². The lowest BCUT2D eigenvalue weighted by molar-refractivity contribution is 0.0349. The first-order valence-corrected chi connectivity index (χ1v) is 12.1. The molecule has 0 spiro atoms. The van der Waals surface area contributed by atoms with E-state index in [-0.39, 0.29) is 12.1 Å². The van der Waals surface area contributed by atoms with Crippen LogP contribution in [0.15, 0.2) is 71.5 Å². The van der Waals surface area contributed by atoms with Crippen molar-refractivity contribution in [1.29, 1.82) is 0 Å². The minimum absolute atomic E-state index is 0.0193. The monoisotopic (exact) mass is 511 g/mol. The molecule has 8 heteroatoms. The Morgan fingerprint density at radius 2 is 1.94 bits per heavy atom. The van der Waals surface area contributed by atoms with E-state index in [1.165, 1.54) is 5.69 Å². The van der Waals surface area contributed by atoms with Crippen LogP contribution >= 0.6 is 28.1 Å². The molecule has 2 aliphatic heterocycles. The first kappa shape index (κ1) is 21.6. The van der Waals surface area contributed by atoms with Crippen LogP contribution in [0.5, 0.6) is 0 Å². The van der Waals surface area contributed by atoms with Gasteiger partial charge in [-0.1, -0.05) is 28.1 Å². The van der Waals surface area contributed by atoms with Crippen LogP contribution in [0.4, 0.5) is 0 Å². The fourth-order valence-electron chi connectivity index (χ4n) is 4.54. The number of ether oxygens (including phenoxy) is 1. The van der Waals surface area contributed by atoms with Gasteiger partial charge in [-0.25, -0.2) is 0 Å². The number of thiocarbonyl (C=S) groups is 1. The molecular formula is C24H26BrN5OS. The topological polar surface area (TPSA) is 45.6 Å². The van der Waals surface area contributed by atoms with Crippen molar-refractivity contribution in [3.63, 3.8) is 0 Å². The van der Waals surface area contributed by atoms with Gasteiger partial charge in [-0.2, -0.15) is 0 Å². The number of nitrogens with zero attached hydrogens (tertiary/aromatic N) is 4. The van der Waals surface area contributed by atoms with Crippen LogP contribution in [0.3, 0.4) is 0 Å². The molecule has 3 aromatic rings. The Balaban J connectivity index is 1.50. The van der Waals surface area contributed by atoms with Gasteiger partial charge < -0.3 is 19.5 Å². The van der Waals surface area contributed by atoms with E-state index >= 15 is 0 Å². The molecular weight excluding hydrogens is 486 g/mol. The van der Waals surface area contributed by atoms with Crippen molar-refractivity contribution in [1.82, 2.24) is 24.7 Å². The molecule has 5 rings (SSSR count). The van der Waals surface area contributed by atoms with Crippen molar-refractivity contribution in [3.05, 3.63) is 82.9 Å². The Kier molecular flexibility index (Phi) is 6.54. The van der Waals surface area contributed by atoms with Gasteiger partial charge in [-0.05, 0) is 54.7 Å². The molecule has 0 amide bonds. The smallest absolute Gasteiger partial charge is 0.170 e. The highest BCUT2D eigenvalue weighted by Gasteiger charge is 2.41. The summed E-state index contributed by atoms with van der Waals surface area (Å²) in [6, 6.07) is 18.7. The first-order valence-electron chi connectivity index (χ1n) is 10.9. The Labute approximate surface area is 202 Å². The fourth-order valence-corrected chi connectivity index (χ4v) is 5.26. The minimum atomic E-state index is -0.0193. The van der Waals surface area contributed by atoms with E-state index in [1.54, 1.807) is 0 Å². The third-order valence-corrected chi connectivity index (χ3v) is 6.97. The first-order chi connectivity index (χ1) is 15.7. The molecule has 4 heterocycles. The van der Waals surface area contributed by atoms with E-state index in [9.17, 15) is 0 Å². The summed E-state index contributed by atoms with van der Waals surface area (Å²) in [4.78, 5) is 9.44. The number of benzene rings is 1. The van der Waals surface area contributed by atoms with Gasteiger partial charge in [0.15, 0.2) is 5.11 Å². The van der Waals surface area contributed by atoms with Crippen LogP contribution in [-0.2, 0) is 4.74 Å². The molecule has 2 unspecified atom stereocenters. The van der Waals surface area contributed by atoms with Crippen molar-refractivity contribution in [2.45, 2.75) is 12.1 Å². The number of pyridine rings is 1. The van der Waals surface area contributed by atoms with E-state index in [0.717, 1.165) is 60.4 Å². The van der Waals surface area contributed by atoms with Gasteiger partial charge in [0.25, 0.3) is 0 Å². The summed E-state index contributed by atoms with van der Waals surface area (Å²) in [5.74, 6) is 0. The second kappa shape index (κ2) is 9.70. The molecule has 2 aromatic heterocycles. The maximum atomic E-state index is 5.84. The predicted molar refractivity (Wildman–Crippen MR) is 133 cm³/mol. The lowest BCUT2D eigenvalue weighted by Crippen LogP contribution is -2.42. The van der Waals surface area contributed by atoms with E-state index < -0.39 is 0 Å². The van der Waals surface area contributed by atoms with E-state index in [2.05, 4.69) is 83.2 Å². The van der Waals surface area contributed by atoms with Crippen LogP contribution in [0.25, 0.3) is 5.69 Å². The number of rotatable bonds is 6. The molecule has 1 N–H and O–H groups in total. The van der Waals surface area contributed by atoms with Crippen molar-refractivity contribution in [2.75, 3.05) is 39.4 Å². The highest BCUT2D eigenvalue weighted by molar-refractivity contribution is 9.10. The van der Waals surface area contributed by atoms with Crippen LogP contribution in [-0.4, -0.2) is 63.9 Å². The molecule has 6 nitrogen and oxygen atoms in total. The van der Waals surface area contributed by atoms with Gasteiger partial charge in [0.1, 0.15) is 0 Å². The number of hydrogen-bond acceptors (Lipinski definition) is 4. The second-order valence-corrected chi connectivity index (χ2v) is 9.36. The number of hydrogen-bond donors (Lipinski definition) is 1. The molecule has 0 aliphatic carbocycles. The lowest BCUT2D eigenvalue weighted by Gasteiger charge is -2.32. The summed E-state index contributed by atoms with van der Waals surface area (Å²) in [5.41, 5.74) is 3.30. The van der Waals surface area contributed by atoms with Crippen molar-refractivity contribution < 1.29 is 4.74 Å². The second-order valence-electron chi connectivity index (χ2n) is 8.06. The van der Waals surface area contributed by atoms with Crippen molar-refractivity contribution in [2.24, 2.45) is 0 Å².